The zero-order valence-corrected chi connectivity index (χ0v) is 14.0. The molecule has 0 radical (unpaired) electrons. The van der Waals surface area contributed by atoms with Crippen molar-refractivity contribution >= 4 is 5.91 Å². The number of hydrogen-bond donors (Lipinski definition) is 4. The van der Waals surface area contributed by atoms with Crippen LogP contribution in [-0.4, -0.2) is 16.1 Å². The van der Waals surface area contributed by atoms with Crippen LogP contribution in [0.5, 0.6) is 11.5 Å². The summed E-state index contributed by atoms with van der Waals surface area (Å²) in [6.07, 6.45) is 0. The molecule has 0 unspecified atom stereocenters. The number of nitrogens with one attached hydrogen (secondary N) is 2. The zero-order valence-electron chi connectivity index (χ0n) is 14.0. The van der Waals surface area contributed by atoms with E-state index in [2.05, 4.69) is 10.9 Å². The number of phenols is 2. The van der Waals surface area contributed by atoms with Gasteiger partial charge in [0.05, 0.1) is 6.04 Å². The normalized spacial score (nSPS) is 10.8. The lowest BCUT2D eigenvalue weighted by atomic mass is 9.97. The summed E-state index contributed by atoms with van der Waals surface area (Å²) in [6.45, 7) is 0. The Kier molecular flexibility index (Phi) is 5.33. The first-order chi connectivity index (χ1) is 13.0. The topological polar surface area (TPSA) is 81.6 Å². The van der Waals surface area contributed by atoms with Gasteiger partial charge in [-0.1, -0.05) is 36.4 Å². The molecule has 0 saturated heterocycles. The maximum Gasteiger partial charge on any atom is 0.265 e. The summed E-state index contributed by atoms with van der Waals surface area (Å²) in [6, 6.07) is 14.9. The highest BCUT2D eigenvalue weighted by atomic mass is 19.2. The molecule has 3 aromatic rings. The van der Waals surface area contributed by atoms with Crippen molar-refractivity contribution < 1.29 is 23.8 Å². The summed E-state index contributed by atoms with van der Waals surface area (Å²) in [7, 11) is 0. The standard InChI is InChI=1S/C20H16F2N2O3/c21-15-10-9-12(11-16(15)22)20(27)24-23-19(13-5-1-3-7-17(13)25)14-6-2-4-8-18(14)26/h1-11,19,23,25-26H,(H,24,27). The van der Waals surface area contributed by atoms with E-state index >= 15 is 0 Å². The third kappa shape index (κ3) is 4.04. The Labute approximate surface area is 153 Å². The maximum absolute atomic E-state index is 13.3. The third-order valence-corrected chi connectivity index (χ3v) is 4.01. The second-order valence-corrected chi connectivity index (χ2v) is 5.78. The molecule has 27 heavy (non-hydrogen) atoms. The van der Waals surface area contributed by atoms with Crippen LogP contribution in [0.2, 0.25) is 0 Å². The summed E-state index contributed by atoms with van der Waals surface area (Å²) >= 11 is 0. The van der Waals surface area contributed by atoms with E-state index in [0.29, 0.717) is 11.1 Å². The van der Waals surface area contributed by atoms with E-state index in [1.807, 2.05) is 0 Å². The molecule has 0 aliphatic carbocycles. The van der Waals surface area contributed by atoms with E-state index in [-0.39, 0.29) is 17.1 Å². The van der Waals surface area contributed by atoms with Crippen molar-refractivity contribution in [2.75, 3.05) is 0 Å². The Bertz CT molecular complexity index is 933. The largest absolute Gasteiger partial charge is 0.508 e. The average molecular weight is 370 g/mol. The lowest BCUT2D eigenvalue weighted by molar-refractivity contribution is 0.0927. The van der Waals surface area contributed by atoms with Gasteiger partial charge in [-0.2, -0.15) is 0 Å². The number of carbonyl (C=O) groups is 1. The van der Waals surface area contributed by atoms with Gasteiger partial charge >= 0.3 is 0 Å². The van der Waals surface area contributed by atoms with Gasteiger partial charge in [0.15, 0.2) is 11.6 Å². The molecule has 0 aliphatic rings. The number of carbonyl (C=O) groups excluding carboxylic acids is 1. The summed E-state index contributed by atoms with van der Waals surface area (Å²) in [5.74, 6) is -2.98. The second-order valence-electron chi connectivity index (χ2n) is 5.78. The molecular weight excluding hydrogens is 354 g/mol. The van der Waals surface area contributed by atoms with Crippen molar-refractivity contribution in [2.45, 2.75) is 6.04 Å². The maximum atomic E-state index is 13.3. The van der Waals surface area contributed by atoms with Crippen molar-refractivity contribution in [3.05, 3.63) is 95.1 Å². The Morgan fingerprint density at radius 1 is 0.815 bits per heavy atom. The lowest BCUT2D eigenvalue weighted by Crippen LogP contribution is -2.40. The van der Waals surface area contributed by atoms with Crippen molar-refractivity contribution in [2.24, 2.45) is 0 Å². The van der Waals surface area contributed by atoms with Crippen molar-refractivity contribution in [3.8, 4) is 11.5 Å². The number of para-hydroxylation sites is 2. The van der Waals surface area contributed by atoms with Crippen LogP contribution in [0.3, 0.4) is 0 Å². The van der Waals surface area contributed by atoms with Gasteiger partial charge in [0, 0.05) is 16.7 Å². The summed E-state index contributed by atoms with van der Waals surface area (Å²) in [4.78, 5) is 12.3. The van der Waals surface area contributed by atoms with Gasteiger partial charge in [-0.05, 0) is 30.3 Å². The van der Waals surface area contributed by atoms with Gasteiger partial charge in [-0.15, -0.1) is 0 Å². The molecule has 0 bridgehead atoms. The minimum atomic E-state index is -1.14. The van der Waals surface area contributed by atoms with Crippen molar-refractivity contribution in [1.82, 2.24) is 10.9 Å². The number of halogens is 2. The summed E-state index contributed by atoms with van der Waals surface area (Å²) in [5.41, 5.74) is 5.85. The molecule has 0 fully saturated rings. The fraction of sp³-hybridized carbons (Fsp3) is 0.0500. The van der Waals surface area contributed by atoms with Gasteiger partial charge in [0.25, 0.3) is 5.91 Å². The van der Waals surface area contributed by atoms with Crippen LogP contribution in [0.15, 0.2) is 66.7 Å². The highest BCUT2D eigenvalue weighted by molar-refractivity contribution is 5.93. The van der Waals surface area contributed by atoms with Gasteiger partial charge < -0.3 is 10.2 Å². The predicted octanol–water partition coefficient (Wildman–Crippen LogP) is 3.40. The Hall–Kier alpha value is -3.45. The average Bonchev–Trinajstić information content (AvgIpc) is 2.66. The molecule has 3 rings (SSSR count). The van der Waals surface area contributed by atoms with Gasteiger partial charge in [0.1, 0.15) is 11.5 Å². The molecule has 0 aromatic heterocycles. The number of aromatic hydroxyl groups is 2. The number of benzene rings is 3. The van der Waals surface area contributed by atoms with E-state index in [9.17, 15) is 23.8 Å². The van der Waals surface area contributed by atoms with E-state index in [1.54, 1.807) is 36.4 Å². The van der Waals surface area contributed by atoms with E-state index in [1.165, 1.54) is 12.1 Å². The van der Waals surface area contributed by atoms with Crippen LogP contribution in [0.1, 0.15) is 27.5 Å². The monoisotopic (exact) mass is 370 g/mol. The molecule has 5 nitrogen and oxygen atoms in total. The molecule has 0 aliphatic heterocycles. The first kappa shape index (κ1) is 18.3. The minimum absolute atomic E-state index is 0.0414. The minimum Gasteiger partial charge on any atom is -0.508 e. The molecule has 138 valence electrons. The number of phenolic OH excluding ortho intramolecular Hbond substituents is 2. The molecule has 0 saturated carbocycles. The van der Waals surface area contributed by atoms with Crippen molar-refractivity contribution in [3.63, 3.8) is 0 Å². The second kappa shape index (κ2) is 7.84. The number of hydrazine groups is 1. The molecule has 1 amide bonds. The lowest BCUT2D eigenvalue weighted by Gasteiger charge is -2.22. The quantitative estimate of drug-likeness (QED) is 0.519. The van der Waals surface area contributed by atoms with Crippen LogP contribution < -0.4 is 10.9 Å². The van der Waals surface area contributed by atoms with Gasteiger partial charge in [-0.3, -0.25) is 10.2 Å². The van der Waals surface area contributed by atoms with Crippen LogP contribution >= 0.6 is 0 Å². The molecule has 7 heteroatoms. The highest BCUT2D eigenvalue weighted by Gasteiger charge is 2.21. The van der Waals surface area contributed by atoms with Gasteiger partial charge in [0.2, 0.25) is 0 Å². The fourth-order valence-electron chi connectivity index (χ4n) is 2.63. The number of rotatable bonds is 5. The van der Waals surface area contributed by atoms with E-state index < -0.39 is 23.6 Å². The predicted molar refractivity (Wildman–Crippen MR) is 95.0 cm³/mol. The molecule has 3 aromatic carbocycles. The van der Waals surface area contributed by atoms with E-state index in [0.717, 1.165) is 18.2 Å². The third-order valence-electron chi connectivity index (χ3n) is 4.01. The van der Waals surface area contributed by atoms with Crippen LogP contribution in [0.25, 0.3) is 0 Å². The van der Waals surface area contributed by atoms with Crippen LogP contribution in [0, 0.1) is 11.6 Å². The van der Waals surface area contributed by atoms with Crippen LogP contribution in [0.4, 0.5) is 8.78 Å². The summed E-state index contributed by atoms with van der Waals surface area (Å²) < 4.78 is 26.4. The molecule has 4 N–H and O–H groups in total. The highest BCUT2D eigenvalue weighted by Crippen LogP contribution is 2.33. The first-order valence-corrected chi connectivity index (χ1v) is 8.04. The van der Waals surface area contributed by atoms with E-state index in [4.69, 9.17) is 0 Å². The Morgan fingerprint density at radius 2 is 1.37 bits per heavy atom. The van der Waals surface area contributed by atoms with Gasteiger partial charge in [-0.25, -0.2) is 14.2 Å². The smallest absolute Gasteiger partial charge is 0.265 e. The fourth-order valence-corrected chi connectivity index (χ4v) is 2.63. The summed E-state index contributed by atoms with van der Waals surface area (Å²) in [5, 5.41) is 20.3. The Morgan fingerprint density at radius 3 is 1.89 bits per heavy atom. The Balaban J connectivity index is 1.88. The van der Waals surface area contributed by atoms with Crippen molar-refractivity contribution in [1.29, 1.82) is 0 Å². The number of hydrogen-bond acceptors (Lipinski definition) is 4. The number of amides is 1. The first-order valence-electron chi connectivity index (χ1n) is 8.04. The zero-order chi connectivity index (χ0) is 19.4. The molecular formula is C20H16F2N2O3. The molecule has 0 spiro atoms. The SMILES string of the molecule is O=C(NNC(c1ccccc1O)c1ccccc1O)c1ccc(F)c(F)c1. The molecule has 0 heterocycles. The molecule has 0 atom stereocenters. The van der Waals surface area contributed by atoms with Crippen LogP contribution in [-0.2, 0) is 0 Å².